The van der Waals surface area contributed by atoms with Gasteiger partial charge in [0.25, 0.3) is 0 Å². The molecule has 0 aliphatic rings. The van der Waals surface area contributed by atoms with Crippen LogP contribution in [0.15, 0.2) is 12.2 Å². The molecule has 0 saturated carbocycles. The van der Waals surface area contributed by atoms with Crippen LogP contribution in [0.1, 0.15) is 47.5 Å². The molecule has 72 valence electrons. The molecule has 0 fully saturated rings. The summed E-state index contributed by atoms with van der Waals surface area (Å²) < 4.78 is 0. The monoisotopic (exact) mass is 168 g/mol. The molecule has 0 heteroatoms. The Morgan fingerprint density at radius 2 is 1.75 bits per heavy atom. The fourth-order valence-electron chi connectivity index (χ4n) is 1.45. The Morgan fingerprint density at radius 1 is 1.17 bits per heavy atom. The smallest absolute Gasteiger partial charge is 0.0208 e. The summed E-state index contributed by atoms with van der Waals surface area (Å²) in [4.78, 5) is 0. The fourth-order valence-corrected chi connectivity index (χ4v) is 1.45. The van der Waals surface area contributed by atoms with E-state index >= 15 is 0 Å². The van der Waals surface area contributed by atoms with E-state index in [1.54, 1.807) is 0 Å². The molecule has 0 aromatic heterocycles. The van der Waals surface area contributed by atoms with E-state index < -0.39 is 0 Å². The molecule has 0 aromatic rings. The summed E-state index contributed by atoms with van der Waals surface area (Å²) in [5.74, 6) is 2.44. The Bertz CT molecular complexity index is 122. The first-order valence-electron chi connectivity index (χ1n) is 5.24. The molecule has 0 amide bonds. The number of rotatable bonds is 5. The summed E-state index contributed by atoms with van der Waals surface area (Å²) in [6.45, 7) is 11.4. The predicted molar refractivity (Wildman–Crippen MR) is 57.2 cm³/mol. The van der Waals surface area contributed by atoms with Crippen LogP contribution < -0.4 is 0 Å². The average Bonchev–Trinajstić information content (AvgIpc) is 2.03. The predicted octanol–water partition coefficient (Wildman–Crippen LogP) is 4.27. The first kappa shape index (κ1) is 11.7. The van der Waals surface area contributed by atoms with Gasteiger partial charge in [-0.3, -0.25) is 0 Å². The summed E-state index contributed by atoms with van der Waals surface area (Å²) in [5.41, 5.74) is 0. The second kappa shape index (κ2) is 6.28. The lowest BCUT2D eigenvalue weighted by molar-refractivity contribution is 0.359. The van der Waals surface area contributed by atoms with E-state index in [0.29, 0.717) is 0 Å². The molecular formula is C12H24. The highest BCUT2D eigenvalue weighted by atomic mass is 14.2. The van der Waals surface area contributed by atoms with E-state index in [4.69, 9.17) is 0 Å². The van der Waals surface area contributed by atoms with Gasteiger partial charge in [0.1, 0.15) is 0 Å². The largest absolute Gasteiger partial charge is 0.0914 e. The zero-order chi connectivity index (χ0) is 9.56. The lowest BCUT2D eigenvalue weighted by atomic mass is 9.86. The van der Waals surface area contributed by atoms with Crippen LogP contribution in [0.25, 0.3) is 0 Å². The molecule has 0 aliphatic carbocycles. The van der Waals surface area contributed by atoms with E-state index in [1.165, 1.54) is 12.8 Å². The van der Waals surface area contributed by atoms with Crippen molar-refractivity contribution in [1.82, 2.24) is 0 Å². The molecule has 0 saturated heterocycles. The number of hydrogen-bond acceptors (Lipinski definition) is 0. The molecule has 0 bridgehead atoms. The van der Waals surface area contributed by atoms with Gasteiger partial charge in [0.15, 0.2) is 0 Å². The normalized spacial score (nSPS) is 17.2. The molecule has 0 heterocycles. The summed E-state index contributed by atoms with van der Waals surface area (Å²) in [6.07, 6.45) is 7.20. The second-order valence-corrected chi connectivity index (χ2v) is 4.18. The van der Waals surface area contributed by atoms with Crippen LogP contribution in [-0.2, 0) is 0 Å². The van der Waals surface area contributed by atoms with E-state index in [9.17, 15) is 0 Å². The maximum Gasteiger partial charge on any atom is -0.0208 e. The highest BCUT2D eigenvalue weighted by Crippen LogP contribution is 2.23. The Morgan fingerprint density at radius 3 is 2.08 bits per heavy atom. The van der Waals surface area contributed by atoms with Gasteiger partial charge in [0.05, 0.1) is 0 Å². The maximum absolute atomic E-state index is 2.36. The maximum atomic E-state index is 2.36. The number of hydrogen-bond donors (Lipinski definition) is 0. The van der Waals surface area contributed by atoms with Crippen molar-refractivity contribution in [2.24, 2.45) is 17.8 Å². The lowest BCUT2D eigenvalue weighted by Crippen LogP contribution is -2.09. The van der Waals surface area contributed by atoms with Crippen LogP contribution in [0.5, 0.6) is 0 Å². The van der Waals surface area contributed by atoms with Gasteiger partial charge < -0.3 is 0 Å². The molecule has 2 atom stereocenters. The molecule has 0 aliphatic heterocycles. The van der Waals surface area contributed by atoms with Gasteiger partial charge in [0, 0.05) is 0 Å². The first-order chi connectivity index (χ1) is 5.61. The molecule has 0 nitrogen and oxygen atoms in total. The Hall–Kier alpha value is -0.260. The van der Waals surface area contributed by atoms with Crippen LogP contribution in [0, 0.1) is 17.8 Å². The topological polar surface area (TPSA) is 0 Å². The summed E-state index contributed by atoms with van der Waals surface area (Å²) in [5, 5.41) is 0. The van der Waals surface area contributed by atoms with Crippen molar-refractivity contribution in [2.45, 2.75) is 47.5 Å². The SMILES string of the molecule is CC=CC(CC(C)CC)C(C)C. The van der Waals surface area contributed by atoms with Crippen LogP contribution in [0.2, 0.25) is 0 Å². The lowest BCUT2D eigenvalue weighted by Gasteiger charge is -2.20. The molecule has 0 aromatic carbocycles. The van der Waals surface area contributed by atoms with Crippen molar-refractivity contribution >= 4 is 0 Å². The highest BCUT2D eigenvalue weighted by Gasteiger charge is 2.12. The zero-order valence-electron chi connectivity index (χ0n) is 9.30. The van der Waals surface area contributed by atoms with Crippen molar-refractivity contribution in [3.8, 4) is 0 Å². The van der Waals surface area contributed by atoms with Gasteiger partial charge in [-0.25, -0.2) is 0 Å². The minimum absolute atomic E-state index is 0.782. The third kappa shape index (κ3) is 4.58. The van der Waals surface area contributed by atoms with Crippen LogP contribution in [0.4, 0.5) is 0 Å². The van der Waals surface area contributed by atoms with Crippen molar-refractivity contribution in [2.75, 3.05) is 0 Å². The van der Waals surface area contributed by atoms with Gasteiger partial charge in [-0.2, -0.15) is 0 Å². The van der Waals surface area contributed by atoms with E-state index in [1.807, 2.05) is 0 Å². The Kier molecular flexibility index (Phi) is 6.14. The van der Waals surface area contributed by atoms with E-state index in [2.05, 4.69) is 46.8 Å². The quantitative estimate of drug-likeness (QED) is 0.538. The van der Waals surface area contributed by atoms with Crippen LogP contribution in [-0.4, -0.2) is 0 Å². The average molecular weight is 168 g/mol. The molecule has 2 unspecified atom stereocenters. The highest BCUT2D eigenvalue weighted by molar-refractivity contribution is 4.87. The molecular weight excluding hydrogens is 144 g/mol. The van der Waals surface area contributed by atoms with E-state index in [-0.39, 0.29) is 0 Å². The molecule has 0 spiro atoms. The standard InChI is InChI=1S/C12H24/c1-6-8-12(10(3)4)9-11(5)7-2/h6,8,10-12H,7,9H2,1-5H3. The second-order valence-electron chi connectivity index (χ2n) is 4.18. The van der Waals surface area contributed by atoms with Crippen molar-refractivity contribution in [3.05, 3.63) is 12.2 Å². The summed E-state index contributed by atoms with van der Waals surface area (Å²) in [6, 6.07) is 0. The third-order valence-electron chi connectivity index (χ3n) is 2.67. The summed E-state index contributed by atoms with van der Waals surface area (Å²) in [7, 11) is 0. The minimum atomic E-state index is 0.782. The fraction of sp³-hybridized carbons (Fsp3) is 0.833. The van der Waals surface area contributed by atoms with Crippen molar-refractivity contribution in [1.29, 1.82) is 0 Å². The van der Waals surface area contributed by atoms with Gasteiger partial charge in [-0.15, -0.1) is 0 Å². The van der Waals surface area contributed by atoms with Crippen LogP contribution in [0.3, 0.4) is 0 Å². The molecule has 12 heavy (non-hydrogen) atoms. The third-order valence-corrected chi connectivity index (χ3v) is 2.67. The molecule has 0 N–H and O–H groups in total. The molecule has 0 rings (SSSR count). The Balaban J connectivity index is 3.95. The van der Waals surface area contributed by atoms with Gasteiger partial charge in [-0.1, -0.05) is 46.3 Å². The van der Waals surface area contributed by atoms with Gasteiger partial charge >= 0.3 is 0 Å². The van der Waals surface area contributed by atoms with Gasteiger partial charge in [-0.05, 0) is 31.1 Å². The Labute approximate surface area is 78.1 Å². The van der Waals surface area contributed by atoms with E-state index in [0.717, 1.165) is 17.8 Å². The summed E-state index contributed by atoms with van der Waals surface area (Å²) >= 11 is 0. The minimum Gasteiger partial charge on any atom is -0.0914 e. The van der Waals surface area contributed by atoms with Gasteiger partial charge in [0.2, 0.25) is 0 Å². The van der Waals surface area contributed by atoms with Crippen LogP contribution >= 0.6 is 0 Å². The zero-order valence-corrected chi connectivity index (χ0v) is 9.30. The van der Waals surface area contributed by atoms with Crippen molar-refractivity contribution < 1.29 is 0 Å². The van der Waals surface area contributed by atoms with Crippen molar-refractivity contribution in [3.63, 3.8) is 0 Å². The first-order valence-corrected chi connectivity index (χ1v) is 5.24. The molecule has 0 radical (unpaired) electrons. The number of allylic oxidation sites excluding steroid dienone is 2.